The fraction of sp³-hybridized carbons (Fsp3) is 0.567. The van der Waals surface area contributed by atoms with Crippen LogP contribution in [0.15, 0.2) is 170 Å². The van der Waals surface area contributed by atoms with Gasteiger partial charge in [-0.2, -0.15) is 0 Å². The van der Waals surface area contributed by atoms with Gasteiger partial charge in [0.25, 0.3) is 0 Å². The molecule has 18 heteroatoms. The van der Waals surface area contributed by atoms with Crippen LogP contribution in [-0.4, -0.2) is 114 Å². The fourth-order valence-corrected chi connectivity index (χ4v) is 35.6. The minimum absolute atomic E-state index is 0. The number of fused-ring (bicyclic) bond motifs is 3. The average Bonchev–Trinajstić information content (AvgIpc) is 1.54. The first kappa shape index (κ1) is 193. The third-order valence-electron chi connectivity index (χ3n) is 22.9. The smallest absolute Gasteiger partial charge is 0.173 e. The number of phenolic OH excluding ortho intramolecular Hbond substituents is 2. The van der Waals surface area contributed by atoms with Crippen molar-refractivity contribution in [3.8, 4) is 34.1 Å². The molecule has 2 heterocycles. The maximum absolute atomic E-state index is 10.2. The molecular weight excluding hydrogens is 1970 g/mol. The van der Waals surface area contributed by atoms with Gasteiger partial charge in [0.15, 0.2) is 25.0 Å². The van der Waals surface area contributed by atoms with Crippen LogP contribution in [0.3, 0.4) is 0 Å². The van der Waals surface area contributed by atoms with E-state index in [9.17, 15) is 10.2 Å². The van der Waals surface area contributed by atoms with Gasteiger partial charge in [0.05, 0.1) is 42.9 Å². The summed E-state index contributed by atoms with van der Waals surface area (Å²) in [5.41, 5.74) is 13.0. The van der Waals surface area contributed by atoms with Crippen molar-refractivity contribution >= 4 is 86.3 Å². The van der Waals surface area contributed by atoms with Crippen LogP contribution in [0, 0.1) is 55.6 Å². The molecular formula is C120H246O8Si8Y2-4. The van der Waals surface area contributed by atoms with Gasteiger partial charge in [0.2, 0.25) is 0 Å². The molecule has 8 aromatic carbocycles. The Morgan fingerprint density at radius 1 is 0.348 bits per heavy atom. The number of aryl methyl sites for hydroxylation is 4. The van der Waals surface area contributed by atoms with Crippen molar-refractivity contribution in [2.24, 2.45) is 0 Å². The number of hydrogen-bond donors (Lipinski definition) is 2. The van der Waals surface area contributed by atoms with Crippen LogP contribution < -0.4 is 30.2 Å². The molecule has 8 aromatic rings. The van der Waals surface area contributed by atoms with Gasteiger partial charge >= 0.3 is 0 Å². The second-order valence-corrected chi connectivity index (χ2v) is 73.7. The van der Waals surface area contributed by atoms with Gasteiger partial charge in [-0.05, 0) is 176 Å². The van der Waals surface area contributed by atoms with E-state index >= 15 is 0 Å². The van der Waals surface area contributed by atoms with E-state index in [1.165, 1.54) is 87.7 Å². The zero-order valence-electron chi connectivity index (χ0n) is 76.7. The Kier molecular flexibility index (Phi) is 116. The second kappa shape index (κ2) is 82.8. The Labute approximate surface area is 932 Å². The summed E-state index contributed by atoms with van der Waals surface area (Å²) in [6.45, 7) is 75.1. The van der Waals surface area contributed by atoms with Crippen LogP contribution in [0.4, 0.5) is 0 Å². The van der Waals surface area contributed by atoms with Crippen LogP contribution in [0.1, 0.15) is 302 Å². The summed E-state index contributed by atoms with van der Waals surface area (Å²) >= 11 is 0. The first-order chi connectivity index (χ1) is 51.2. The predicted molar refractivity (Wildman–Crippen MR) is 672 cm³/mol. The van der Waals surface area contributed by atoms with Crippen LogP contribution in [0.5, 0.6) is 23.0 Å². The van der Waals surface area contributed by atoms with Crippen molar-refractivity contribution < 1.29 is 103 Å². The predicted octanol–water partition coefficient (Wildman–Crippen LogP) is 39.9. The molecule has 0 aromatic heterocycles. The van der Waals surface area contributed by atoms with Gasteiger partial charge in [0.1, 0.15) is 48.4 Å². The van der Waals surface area contributed by atoms with E-state index < -0.39 is 71.0 Å². The number of phenols is 2. The molecule has 2 fully saturated rings. The summed E-state index contributed by atoms with van der Waals surface area (Å²) in [5, 5.41) is 26.6. The molecule has 2 radical (unpaired) electrons. The molecule has 2 aliphatic heterocycles. The SMILES string of the molecule is C.C.C.C.C.C.C.C.C.C.C.C.C.C.C.C.C.C.C.C.C.C.C.C.CCC[Si](C)(C)O[Si](C)(C)CC.CCC[Si](C)(C)c1ccc([Si](C)(C)CC)cc1.Cc1cc(C(C)(C)c2ccc(OCC3CO3)c(C)c2)ccc1OCC1CO1.Cc1cc(C2(c3ccc(O)c(C)c3)c3ccccc3-c3ccccc32)ccc1O.[CH2-][Si](C)(C)O[Si](C)(C)CC.[CH2-][Si](C)(C)c1ccc([Si](C)(C)CC)cc1.[CH3-].[CH3-].[Y].[Y]. The maximum Gasteiger partial charge on any atom is 0.173 e. The largest absolute Gasteiger partial charge is 0.508 e. The quantitative estimate of drug-likeness (QED) is 0.0314. The zero-order valence-corrected chi connectivity index (χ0v) is 90.4. The molecule has 0 amide bonds. The van der Waals surface area contributed by atoms with Crippen molar-refractivity contribution in [1.82, 2.24) is 0 Å². The molecule has 3 aliphatic rings. The molecule has 2 atom stereocenters. The van der Waals surface area contributed by atoms with Crippen molar-refractivity contribution in [3.63, 3.8) is 0 Å². The summed E-state index contributed by atoms with van der Waals surface area (Å²) in [4.78, 5) is 0. The summed E-state index contributed by atoms with van der Waals surface area (Å²) in [6, 6.07) is 68.5. The van der Waals surface area contributed by atoms with E-state index in [2.05, 4.69) is 333 Å². The van der Waals surface area contributed by atoms with E-state index in [-0.39, 0.29) is 276 Å². The molecule has 8 nitrogen and oxygen atoms in total. The second-order valence-electron chi connectivity index (χ2n) is 36.8. The van der Waals surface area contributed by atoms with Crippen molar-refractivity contribution in [3.05, 3.63) is 253 Å². The standard InChI is InChI=1S/C27H22O2.C23H28O4.C15H28Si2.C13H23Si2.C9H24OSi2.C7H19OSi2.24CH4.2CH3.2Y/c1-17-15-19(11-13-25(17)28)27(20-12-14-26(29)18(2)16-20)23-9-5-3-7-21(23)22-8-4-6-10-24(22)27;1-15-9-17(5-7-21(15)26-13-19-11-24-19)23(3,4)18-6-8-22(16(2)10-18)27-14-20-12-25-20;1-7-13-17(5,6)15-11-9-14(10-12-15)16(3,4)8-2;1-7-15(5,6)13-10-8-12(9-11-13)14(2,3)4;1-7-9-12(5,6)10-11(3,4)8-2;1-7-10(5,6)8-9(2,3)4;;;;;;;;;;;;;;;;;;;;;;;;;;;;/h3-16,28-29H,1-2H3;5-10,19-20H,11-14H2,1-4H3;9-12H,7-8,13H2,1-6H3;8-11H,2,7H2,1,3-6H3;7-9H2,1-6H3;2,7H2,1,3-6H3;24*1H4;2*1H3;;/q;;;-1;;-1;;;;;;;;;;;;;;;;;;;;;;;;;2*-1;;. The summed E-state index contributed by atoms with van der Waals surface area (Å²) in [5.74, 6) is 2.47. The molecule has 0 spiro atoms. The normalized spacial score (nSPS) is 12.2. The van der Waals surface area contributed by atoms with Crippen molar-refractivity contribution in [1.29, 1.82) is 0 Å². The fourth-order valence-electron chi connectivity index (χ4n) is 14.3. The first-order valence-corrected chi connectivity index (χ1v) is 66.3. The van der Waals surface area contributed by atoms with Gasteiger partial charge in [-0.1, -0.05) is 504 Å². The molecule has 0 saturated carbocycles. The van der Waals surface area contributed by atoms with Gasteiger partial charge in [-0.25, -0.2) is 0 Å². The summed E-state index contributed by atoms with van der Waals surface area (Å²) in [6.07, 6.45) is 3.13. The monoisotopic (exact) mass is 2220 g/mol. The molecule has 1 aliphatic carbocycles. The average molecular weight is 2220 g/mol. The molecule has 0 bridgehead atoms. The van der Waals surface area contributed by atoms with Gasteiger partial charge in [-0.3, -0.25) is 0 Å². The minimum Gasteiger partial charge on any atom is -0.508 e. The van der Waals surface area contributed by atoms with E-state index in [0.29, 0.717) is 24.7 Å². The van der Waals surface area contributed by atoms with Crippen LogP contribution in [-0.2, 0) is 94.0 Å². The maximum atomic E-state index is 10.2. The third kappa shape index (κ3) is 56.0. The van der Waals surface area contributed by atoms with E-state index in [0.717, 1.165) is 58.1 Å². The number of hydrogen-bond acceptors (Lipinski definition) is 8. The number of ether oxygens (including phenoxy) is 4. The van der Waals surface area contributed by atoms with Gasteiger partial charge < -0.3 is 65.3 Å². The minimum atomic E-state index is -1.50. The van der Waals surface area contributed by atoms with Crippen LogP contribution >= 0.6 is 0 Å². The van der Waals surface area contributed by atoms with E-state index in [1.54, 1.807) is 27.7 Å². The topological polar surface area (TPSA) is 102 Å². The number of rotatable bonds is 26. The van der Waals surface area contributed by atoms with Gasteiger partial charge in [0, 0.05) is 79.2 Å². The Balaban J connectivity index is -0.0000000544. The van der Waals surface area contributed by atoms with Crippen LogP contribution in [0.2, 0.25) is 141 Å². The molecule has 816 valence electrons. The van der Waals surface area contributed by atoms with Gasteiger partial charge in [-0.15, -0.1) is 0 Å². The molecule has 2 unspecified atom stereocenters. The summed E-state index contributed by atoms with van der Waals surface area (Å²) in [7, 11) is -10.2. The number of aromatic hydroxyl groups is 2. The number of benzene rings is 8. The van der Waals surface area contributed by atoms with Crippen LogP contribution in [0.25, 0.3) is 11.1 Å². The Morgan fingerprint density at radius 3 is 0.877 bits per heavy atom. The molecule has 11 rings (SSSR count). The summed E-state index contributed by atoms with van der Waals surface area (Å²) < 4.78 is 34.4. The first-order valence-electron chi connectivity index (χ1n) is 41.0. The Hall–Kier alpha value is -3.26. The van der Waals surface area contributed by atoms with E-state index in [1.807, 2.05) is 26.0 Å². The zero-order chi connectivity index (χ0) is 82.2. The molecule has 2 N–H and O–H groups in total. The molecule has 2 saturated heterocycles. The Morgan fingerprint density at radius 2 is 0.630 bits per heavy atom. The Bertz CT molecular complexity index is 4070. The van der Waals surface area contributed by atoms with Crippen molar-refractivity contribution in [2.45, 2.75) is 438 Å². The third-order valence-corrected chi connectivity index (χ3v) is 49.7. The van der Waals surface area contributed by atoms with E-state index in [4.69, 9.17) is 27.2 Å². The van der Waals surface area contributed by atoms with Crippen molar-refractivity contribution in [2.75, 3.05) is 26.4 Å². The number of epoxide rings is 2. The molecule has 138 heavy (non-hydrogen) atoms.